The highest BCUT2D eigenvalue weighted by Crippen LogP contribution is 2.16. The highest BCUT2D eigenvalue weighted by Gasteiger charge is 2.12. The number of carbonyl (C=O) groups excluding carboxylic acids is 3. The van der Waals surface area contributed by atoms with Gasteiger partial charge in [0.2, 0.25) is 0 Å². The SMILES string of the molecule is Cc1ccc(C(=O)c2ccc(C(=O)Oc3ccc(C=O)cc3)cc2)cc1. The van der Waals surface area contributed by atoms with Crippen molar-refractivity contribution in [2.45, 2.75) is 6.92 Å². The lowest BCUT2D eigenvalue weighted by molar-refractivity contribution is 0.0734. The van der Waals surface area contributed by atoms with E-state index in [1.807, 2.05) is 19.1 Å². The highest BCUT2D eigenvalue weighted by molar-refractivity contribution is 6.09. The molecule has 0 aromatic heterocycles. The van der Waals surface area contributed by atoms with Gasteiger partial charge in [0, 0.05) is 16.7 Å². The van der Waals surface area contributed by atoms with E-state index in [9.17, 15) is 14.4 Å². The zero-order valence-corrected chi connectivity index (χ0v) is 14.1. The summed E-state index contributed by atoms with van der Waals surface area (Å²) in [4.78, 5) is 35.3. The second-order valence-corrected chi connectivity index (χ2v) is 5.85. The molecule has 0 saturated heterocycles. The van der Waals surface area contributed by atoms with Gasteiger partial charge in [0.15, 0.2) is 5.78 Å². The number of esters is 1. The molecule has 0 saturated carbocycles. The summed E-state index contributed by atoms with van der Waals surface area (Å²) in [5.74, 6) is -0.284. The zero-order valence-electron chi connectivity index (χ0n) is 14.1. The average Bonchev–Trinajstić information content (AvgIpc) is 2.69. The maximum atomic E-state index is 12.4. The van der Waals surface area contributed by atoms with E-state index in [4.69, 9.17) is 4.74 Å². The van der Waals surface area contributed by atoms with Crippen molar-refractivity contribution in [1.29, 1.82) is 0 Å². The number of carbonyl (C=O) groups is 3. The summed E-state index contributed by atoms with van der Waals surface area (Å²) < 4.78 is 5.26. The van der Waals surface area contributed by atoms with Crippen LogP contribution in [0, 0.1) is 6.92 Å². The Balaban J connectivity index is 1.71. The van der Waals surface area contributed by atoms with Gasteiger partial charge in [-0.3, -0.25) is 9.59 Å². The predicted octanol–water partition coefficient (Wildman–Crippen LogP) is 4.26. The number of benzene rings is 3. The van der Waals surface area contributed by atoms with Gasteiger partial charge in [0.1, 0.15) is 12.0 Å². The van der Waals surface area contributed by atoms with Crippen LogP contribution in [0.5, 0.6) is 5.75 Å². The van der Waals surface area contributed by atoms with Gasteiger partial charge in [0.05, 0.1) is 5.56 Å². The van der Waals surface area contributed by atoms with E-state index in [1.54, 1.807) is 60.7 Å². The van der Waals surface area contributed by atoms with Crippen LogP contribution < -0.4 is 4.74 Å². The van der Waals surface area contributed by atoms with Gasteiger partial charge >= 0.3 is 5.97 Å². The van der Waals surface area contributed by atoms with Crippen molar-refractivity contribution in [3.8, 4) is 5.75 Å². The van der Waals surface area contributed by atoms with E-state index in [1.165, 1.54) is 0 Å². The fraction of sp³-hybridized carbons (Fsp3) is 0.0455. The largest absolute Gasteiger partial charge is 0.423 e. The summed E-state index contributed by atoms with van der Waals surface area (Å²) in [5, 5.41) is 0. The van der Waals surface area contributed by atoms with Gasteiger partial charge in [0.25, 0.3) is 0 Å². The standard InChI is InChI=1S/C22H16O4/c1-15-2-6-17(7-3-15)21(24)18-8-10-19(11-9-18)22(25)26-20-12-4-16(14-23)5-13-20/h2-14H,1H3. The van der Waals surface area contributed by atoms with Crippen LogP contribution in [0.15, 0.2) is 72.8 Å². The quantitative estimate of drug-likeness (QED) is 0.300. The van der Waals surface area contributed by atoms with Crippen LogP contribution >= 0.6 is 0 Å². The molecule has 0 aliphatic carbocycles. The number of aldehydes is 1. The van der Waals surface area contributed by atoms with Crippen LogP contribution in [0.2, 0.25) is 0 Å². The lowest BCUT2D eigenvalue weighted by Gasteiger charge is -2.06. The van der Waals surface area contributed by atoms with E-state index in [0.29, 0.717) is 28.0 Å². The molecule has 0 radical (unpaired) electrons. The first-order valence-electron chi connectivity index (χ1n) is 8.05. The molecule has 0 heterocycles. The molecule has 0 aliphatic heterocycles. The molecule has 0 N–H and O–H groups in total. The average molecular weight is 344 g/mol. The molecule has 26 heavy (non-hydrogen) atoms. The van der Waals surface area contributed by atoms with Crippen molar-refractivity contribution in [2.24, 2.45) is 0 Å². The van der Waals surface area contributed by atoms with E-state index >= 15 is 0 Å². The number of ether oxygens (including phenoxy) is 1. The summed E-state index contributed by atoms with van der Waals surface area (Å²) in [6.07, 6.45) is 0.718. The highest BCUT2D eigenvalue weighted by atomic mass is 16.5. The third-order valence-corrected chi connectivity index (χ3v) is 3.92. The molecule has 0 bridgehead atoms. The Labute approximate surface area is 151 Å². The second kappa shape index (κ2) is 7.57. The third kappa shape index (κ3) is 3.92. The smallest absolute Gasteiger partial charge is 0.343 e. The summed E-state index contributed by atoms with van der Waals surface area (Å²) >= 11 is 0. The fourth-order valence-electron chi connectivity index (χ4n) is 2.41. The van der Waals surface area contributed by atoms with E-state index in [-0.39, 0.29) is 5.78 Å². The van der Waals surface area contributed by atoms with Crippen LogP contribution in [0.25, 0.3) is 0 Å². The molecule has 4 heteroatoms. The summed E-state index contributed by atoms with van der Waals surface area (Å²) in [6.45, 7) is 1.96. The molecular formula is C22H16O4. The van der Waals surface area contributed by atoms with Crippen molar-refractivity contribution in [1.82, 2.24) is 0 Å². The molecule has 0 fully saturated rings. The molecule has 3 aromatic carbocycles. The van der Waals surface area contributed by atoms with Gasteiger partial charge in [-0.25, -0.2) is 4.79 Å². The van der Waals surface area contributed by atoms with E-state index in [0.717, 1.165) is 11.8 Å². The number of aryl methyl sites for hydroxylation is 1. The maximum Gasteiger partial charge on any atom is 0.343 e. The van der Waals surface area contributed by atoms with Crippen LogP contribution in [-0.4, -0.2) is 18.0 Å². The van der Waals surface area contributed by atoms with Crippen molar-refractivity contribution >= 4 is 18.0 Å². The maximum absolute atomic E-state index is 12.4. The molecule has 0 amide bonds. The van der Waals surface area contributed by atoms with E-state index in [2.05, 4.69) is 0 Å². The number of hydrogen-bond donors (Lipinski definition) is 0. The minimum Gasteiger partial charge on any atom is -0.423 e. The topological polar surface area (TPSA) is 60.4 Å². The van der Waals surface area contributed by atoms with Gasteiger partial charge in [-0.15, -0.1) is 0 Å². The van der Waals surface area contributed by atoms with Crippen LogP contribution in [0.1, 0.15) is 42.2 Å². The zero-order chi connectivity index (χ0) is 18.5. The Kier molecular flexibility index (Phi) is 5.04. The molecule has 3 rings (SSSR count). The Bertz CT molecular complexity index is 937. The fourth-order valence-corrected chi connectivity index (χ4v) is 2.41. The number of rotatable bonds is 5. The molecule has 128 valence electrons. The Morgan fingerprint density at radius 2 is 1.23 bits per heavy atom. The molecule has 3 aromatic rings. The first-order chi connectivity index (χ1) is 12.6. The Hall–Kier alpha value is -3.53. The van der Waals surface area contributed by atoms with Crippen LogP contribution in [0.3, 0.4) is 0 Å². The Morgan fingerprint density at radius 1 is 0.731 bits per heavy atom. The first-order valence-corrected chi connectivity index (χ1v) is 8.05. The second-order valence-electron chi connectivity index (χ2n) is 5.85. The van der Waals surface area contributed by atoms with Crippen molar-refractivity contribution in [2.75, 3.05) is 0 Å². The first kappa shape index (κ1) is 17.3. The minimum absolute atomic E-state index is 0.102. The summed E-state index contributed by atoms with van der Waals surface area (Å²) in [5.41, 5.74) is 3.02. The van der Waals surface area contributed by atoms with Crippen molar-refractivity contribution in [3.05, 3.63) is 101 Å². The Morgan fingerprint density at radius 3 is 1.77 bits per heavy atom. The number of ketones is 1. The van der Waals surface area contributed by atoms with Gasteiger partial charge < -0.3 is 4.74 Å². The number of hydrogen-bond acceptors (Lipinski definition) is 4. The van der Waals surface area contributed by atoms with E-state index < -0.39 is 5.97 Å². The summed E-state index contributed by atoms with van der Waals surface area (Å²) in [7, 11) is 0. The lowest BCUT2D eigenvalue weighted by atomic mass is 10.0. The monoisotopic (exact) mass is 344 g/mol. The van der Waals surface area contributed by atoms with Crippen LogP contribution in [-0.2, 0) is 0 Å². The molecule has 0 atom stereocenters. The van der Waals surface area contributed by atoms with Crippen molar-refractivity contribution in [3.63, 3.8) is 0 Å². The molecule has 4 nitrogen and oxygen atoms in total. The molecule has 0 unspecified atom stereocenters. The van der Waals surface area contributed by atoms with Gasteiger partial charge in [-0.2, -0.15) is 0 Å². The summed E-state index contributed by atoms with van der Waals surface area (Å²) in [6, 6.07) is 19.9. The van der Waals surface area contributed by atoms with Gasteiger partial charge in [-0.05, 0) is 43.3 Å². The van der Waals surface area contributed by atoms with Crippen LogP contribution in [0.4, 0.5) is 0 Å². The van der Waals surface area contributed by atoms with Crippen molar-refractivity contribution < 1.29 is 19.1 Å². The molecule has 0 aliphatic rings. The molecule has 0 spiro atoms. The normalized spacial score (nSPS) is 10.2. The minimum atomic E-state index is -0.529. The molecular weight excluding hydrogens is 328 g/mol. The predicted molar refractivity (Wildman–Crippen MR) is 97.8 cm³/mol. The third-order valence-electron chi connectivity index (χ3n) is 3.92. The lowest BCUT2D eigenvalue weighted by Crippen LogP contribution is -2.09. The van der Waals surface area contributed by atoms with Gasteiger partial charge in [-0.1, -0.05) is 42.0 Å².